The zero-order chi connectivity index (χ0) is 12.7. The fraction of sp³-hybridized carbons (Fsp3) is 0.500. The summed E-state index contributed by atoms with van der Waals surface area (Å²) < 4.78 is 4.71. The van der Waals surface area contributed by atoms with Crippen LogP contribution in [0.3, 0.4) is 0 Å². The Hall–Kier alpha value is -1.35. The number of methoxy groups -OCH3 is 1. The Balaban J connectivity index is 2.38. The van der Waals surface area contributed by atoms with E-state index in [1.165, 1.54) is 7.11 Å². The highest BCUT2D eigenvalue weighted by atomic mass is 16.5. The number of aliphatic hydroxyl groups excluding tert-OH is 1. The van der Waals surface area contributed by atoms with Crippen LogP contribution in [0.25, 0.3) is 0 Å². The molecule has 1 unspecified atom stereocenters. The molecule has 0 amide bonds. The van der Waals surface area contributed by atoms with E-state index in [2.05, 4.69) is 13.8 Å². The lowest BCUT2D eigenvalue weighted by atomic mass is 9.88. The highest BCUT2D eigenvalue weighted by molar-refractivity contribution is 5.89. The van der Waals surface area contributed by atoms with Crippen molar-refractivity contribution in [2.75, 3.05) is 13.7 Å². The number of carbonyl (C=O) groups is 1. The van der Waals surface area contributed by atoms with Gasteiger partial charge in [0, 0.05) is 5.41 Å². The van der Waals surface area contributed by atoms with E-state index < -0.39 is 0 Å². The van der Waals surface area contributed by atoms with Crippen LogP contribution < -0.4 is 0 Å². The van der Waals surface area contributed by atoms with Gasteiger partial charge in [-0.2, -0.15) is 0 Å². The largest absolute Gasteiger partial charge is 0.465 e. The molecule has 0 aromatic heterocycles. The van der Waals surface area contributed by atoms with Crippen molar-refractivity contribution in [2.24, 2.45) is 5.41 Å². The second-order valence-electron chi connectivity index (χ2n) is 5.37. The highest BCUT2D eigenvalue weighted by Crippen LogP contribution is 2.63. The van der Waals surface area contributed by atoms with Gasteiger partial charge in [0.15, 0.2) is 0 Å². The van der Waals surface area contributed by atoms with Gasteiger partial charge in [-0.15, -0.1) is 0 Å². The second-order valence-corrected chi connectivity index (χ2v) is 5.37. The van der Waals surface area contributed by atoms with E-state index in [0.29, 0.717) is 5.56 Å². The predicted molar refractivity (Wildman–Crippen MR) is 64.9 cm³/mol. The normalized spacial score (nSPS) is 25.4. The molecule has 3 nitrogen and oxygen atoms in total. The van der Waals surface area contributed by atoms with Gasteiger partial charge in [-0.3, -0.25) is 0 Å². The molecule has 0 radical (unpaired) electrons. The van der Waals surface area contributed by atoms with E-state index in [0.717, 1.165) is 12.0 Å². The minimum absolute atomic E-state index is 0.0937. The summed E-state index contributed by atoms with van der Waals surface area (Å²) in [7, 11) is 1.37. The molecule has 1 aliphatic rings. The van der Waals surface area contributed by atoms with Gasteiger partial charge < -0.3 is 9.84 Å². The van der Waals surface area contributed by atoms with Gasteiger partial charge >= 0.3 is 5.97 Å². The summed E-state index contributed by atoms with van der Waals surface area (Å²) in [6, 6.07) is 7.37. The van der Waals surface area contributed by atoms with Gasteiger partial charge in [-0.25, -0.2) is 4.79 Å². The van der Waals surface area contributed by atoms with E-state index in [1.54, 1.807) is 6.07 Å². The first-order valence-electron chi connectivity index (χ1n) is 5.76. The summed E-state index contributed by atoms with van der Waals surface area (Å²) >= 11 is 0. The first-order valence-corrected chi connectivity index (χ1v) is 5.76. The smallest absolute Gasteiger partial charge is 0.337 e. The fourth-order valence-corrected chi connectivity index (χ4v) is 2.63. The van der Waals surface area contributed by atoms with Crippen LogP contribution >= 0.6 is 0 Å². The third-order valence-corrected chi connectivity index (χ3v) is 4.02. The number of hydrogen-bond acceptors (Lipinski definition) is 3. The average Bonchev–Trinajstić information content (AvgIpc) is 2.92. The zero-order valence-electron chi connectivity index (χ0n) is 10.5. The average molecular weight is 234 g/mol. The molecule has 1 aromatic carbocycles. The molecule has 0 heterocycles. The van der Waals surface area contributed by atoms with Crippen LogP contribution in [0.4, 0.5) is 0 Å². The van der Waals surface area contributed by atoms with Crippen molar-refractivity contribution in [3.63, 3.8) is 0 Å². The van der Waals surface area contributed by atoms with E-state index in [4.69, 9.17) is 4.74 Å². The van der Waals surface area contributed by atoms with E-state index in [-0.39, 0.29) is 23.4 Å². The zero-order valence-corrected chi connectivity index (χ0v) is 10.5. The minimum Gasteiger partial charge on any atom is -0.465 e. The molecule has 1 N–H and O–H groups in total. The summed E-state index contributed by atoms with van der Waals surface area (Å²) in [5.41, 5.74) is 1.46. The first kappa shape index (κ1) is 12.1. The summed E-state index contributed by atoms with van der Waals surface area (Å²) in [4.78, 5) is 11.5. The van der Waals surface area contributed by atoms with Crippen LogP contribution in [0.1, 0.15) is 36.2 Å². The standard InChI is InChI=1S/C14H18O3/c1-13(2)8-14(13,9-15)11-6-4-5-10(7-11)12(16)17-3/h4-7,15H,8-9H2,1-3H3. The van der Waals surface area contributed by atoms with Crippen LogP contribution in [-0.4, -0.2) is 24.8 Å². The van der Waals surface area contributed by atoms with Crippen LogP contribution in [0, 0.1) is 5.41 Å². The summed E-state index contributed by atoms with van der Waals surface area (Å²) in [6.45, 7) is 4.38. The maximum Gasteiger partial charge on any atom is 0.337 e. The van der Waals surface area contributed by atoms with Gasteiger partial charge in [0.1, 0.15) is 0 Å². The molecule has 17 heavy (non-hydrogen) atoms. The maximum atomic E-state index is 11.5. The van der Waals surface area contributed by atoms with Crippen molar-refractivity contribution in [3.8, 4) is 0 Å². The second kappa shape index (κ2) is 3.84. The molecule has 0 bridgehead atoms. The lowest BCUT2D eigenvalue weighted by Gasteiger charge is -2.18. The van der Waals surface area contributed by atoms with Crippen LogP contribution in [0.5, 0.6) is 0 Å². The Morgan fingerprint density at radius 1 is 1.47 bits per heavy atom. The molecule has 1 aliphatic carbocycles. The van der Waals surface area contributed by atoms with Gasteiger partial charge in [0.2, 0.25) is 0 Å². The summed E-state index contributed by atoms with van der Waals surface area (Å²) in [6.07, 6.45) is 0.946. The molecule has 0 saturated heterocycles. The lowest BCUT2D eigenvalue weighted by molar-refractivity contribution is 0.0600. The molecular formula is C14H18O3. The molecule has 92 valence electrons. The highest BCUT2D eigenvalue weighted by Gasteiger charge is 2.61. The third kappa shape index (κ3) is 1.75. The third-order valence-electron chi connectivity index (χ3n) is 4.02. The number of rotatable bonds is 3. The Morgan fingerprint density at radius 3 is 2.59 bits per heavy atom. The monoisotopic (exact) mass is 234 g/mol. The van der Waals surface area contributed by atoms with E-state index >= 15 is 0 Å². The maximum absolute atomic E-state index is 11.5. The Morgan fingerprint density at radius 2 is 2.12 bits per heavy atom. The van der Waals surface area contributed by atoms with Crippen molar-refractivity contribution < 1.29 is 14.6 Å². The van der Waals surface area contributed by atoms with E-state index in [1.807, 2.05) is 18.2 Å². The summed E-state index contributed by atoms with van der Waals surface area (Å²) in [5.74, 6) is -0.335. The molecule has 3 heteroatoms. The van der Waals surface area contributed by atoms with Gasteiger partial charge in [-0.1, -0.05) is 26.0 Å². The molecule has 1 atom stereocenters. The van der Waals surface area contributed by atoms with Gasteiger partial charge in [-0.05, 0) is 29.5 Å². The number of hydrogen-bond donors (Lipinski definition) is 1. The van der Waals surface area contributed by atoms with Crippen molar-refractivity contribution in [1.82, 2.24) is 0 Å². The minimum atomic E-state index is -0.335. The number of carbonyl (C=O) groups excluding carboxylic acids is 1. The number of ether oxygens (including phenoxy) is 1. The number of benzene rings is 1. The summed E-state index contributed by atoms with van der Waals surface area (Å²) in [5, 5.41) is 9.62. The van der Waals surface area contributed by atoms with Crippen molar-refractivity contribution in [3.05, 3.63) is 35.4 Å². The Labute approximate surface area is 101 Å². The van der Waals surface area contributed by atoms with Gasteiger partial charge in [0.25, 0.3) is 0 Å². The van der Waals surface area contributed by atoms with Crippen LogP contribution in [0.15, 0.2) is 24.3 Å². The fourth-order valence-electron chi connectivity index (χ4n) is 2.63. The Bertz CT molecular complexity index is 451. The van der Waals surface area contributed by atoms with Gasteiger partial charge in [0.05, 0.1) is 19.3 Å². The SMILES string of the molecule is COC(=O)c1cccc(C2(CO)CC2(C)C)c1. The molecule has 2 rings (SSSR count). The number of esters is 1. The lowest BCUT2D eigenvalue weighted by Crippen LogP contribution is -2.19. The molecular weight excluding hydrogens is 216 g/mol. The topological polar surface area (TPSA) is 46.5 Å². The van der Waals surface area contributed by atoms with Crippen molar-refractivity contribution in [1.29, 1.82) is 0 Å². The van der Waals surface area contributed by atoms with Crippen molar-refractivity contribution in [2.45, 2.75) is 25.7 Å². The predicted octanol–water partition coefficient (Wildman–Crippen LogP) is 2.13. The Kier molecular flexibility index (Phi) is 2.74. The van der Waals surface area contributed by atoms with Crippen LogP contribution in [0.2, 0.25) is 0 Å². The van der Waals surface area contributed by atoms with Crippen molar-refractivity contribution >= 4 is 5.97 Å². The molecule has 0 spiro atoms. The molecule has 1 fully saturated rings. The molecule has 1 saturated carbocycles. The van der Waals surface area contributed by atoms with E-state index in [9.17, 15) is 9.90 Å². The van der Waals surface area contributed by atoms with Crippen LogP contribution in [-0.2, 0) is 10.2 Å². The number of aliphatic hydroxyl groups is 1. The molecule has 0 aliphatic heterocycles. The quantitative estimate of drug-likeness (QED) is 0.815. The molecule has 1 aromatic rings. The first-order chi connectivity index (χ1) is 7.97.